The summed E-state index contributed by atoms with van der Waals surface area (Å²) in [6, 6.07) is 10.2. The molecule has 0 fully saturated rings. The Balaban J connectivity index is 1.79. The molecule has 0 aliphatic carbocycles. The molecular formula is C19H18ClN3O3S. The van der Waals surface area contributed by atoms with Gasteiger partial charge in [0, 0.05) is 25.9 Å². The van der Waals surface area contributed by atoms with E-state index in [1.165, 1.54) is 0 Å². The molecule has 0 radical (unpaired) electrons. The van der Waals surface area contributed by atoms with E-state index in [9.17, 15) is 13.2 Å². The van der Waals surface area contributed by atoms with Gasteiger partial charge in [-0.25, -0.2) is 18.4 Å². The number of nitrogens with zero attached hydrogens (tertiary/aromatic N) is 3. The molecule has 27 heavy (non-hydrogen) atoms. The molecule has 1 aromatic carbocycles. The Morgan fingerprint density at radius 3 is 2.63 bits per heavy atom. The number of carbonyl (C=O) groups is 1. The Morgan fingerprint density at radius 1 is 1.19 bits per heavy atom. The molecule has 0 unspecified atom stereocenters. The van der Waals surface area contributed by atoms with Gasteiger partial charge in [-0.1, -0.05) is 29.8 Å². The number of sulfone groups is 1. The van der Waals surface area contributed by atoms with Gasteiger partial charge in [-0.05, 0) is 30.7 Å². The Kier molecular flexibility index (Phi) is 5.43. The van der Waals surface area contributed by atoms with Crippen molar-refractivity contribution in [3.63, 3.8) is 0 Å². The molecule has 2 heterocycles. The van der Waals surface area contributed by atoms with Crippen LogP contribution in [-0.2, 0) is 16.9 Å². The molecule has 0 spiro atoms. The highest BCUT2D eigenvalue weighted by atomic mass is 35.5. The van der Waals surface area contributed by atoms with E-state index >= 15 is 0 Å². The van der Waals surface area contributed by atoms with Crippen molar-refractivity contribution >= 4 is 27.2 Å². The van der Waals surface area contributed by atoms with Crippen LogP contribution < -0.4 is 0 Å². The second kappa shape index (κ2) is 7.62. The first kappa shape index (κ1) is 19.3. The lowest BCUT2D eigenvalue weighted by Crippen LogP contribution is -2.13. The van der Waals surface area contributed by atoms with E-state index in [1.54, 1.807) is 67.3 Å². The lowest BCUT2D eigenvalue weighted by Gasteiger charge is -2.06. The summed E-state index contributed by atoms with van der Waals surface area (Å²) >= 11 is 6.09. The predicted molar refractivity (Wildman–Crippen MR) is 104 cm³/mol. The molecule has 2 aromatic heterocycles. The lowest BCUT2D eigenvalue weighted by molar-refractivity contribution is 0.0984. The van der Waals surface area contributed by atoms with Crippen LogP contribution in [0.25, 0.3) is 11.4 Å². The number of ketones is 1. The fraction of sp³-hybridized carbons (Fsp3) is 0.211. The van der Waals surface area contributed by atoms with E-state index in [-0.39, 0.29) is 33.7 Å². The van der Waals surface area contributed by atoms with Gasteiger partial charge in [0.05, 0.1) is 16.2 Å². The van der Waals surface area contributed by atoms with Crippen LogP contribution in [0, 0.1) is 6.92 Å². The maximum atomic E-state index is 12.5. The van der Waals surface area contributed by atoms with Gasteiger partial charge in [-0.2, -0.15) is 0 Å². The molecule has 0 aliphatic heterocycles. The van der Waals surface area contributed by atoms with Gasteiger partial charge in [-0.15, -0.1) is 0 Å². The minimum atomic E-state index is -3.54. The number of rotatable bonds is 6. The summed E-state index contributed by atoms with van der Waals surface area (Å²) < 4.78 is 26.7. The number of imidazole rings is 1. The zero-order chi connectivity index (χ0) is 19.6. The number of aromatic nitrogens is 3. The molecule has 0 N–H and O–H groups in total. The number of aryl methyl sites for hydroxylation is 2. The highest BCUT2D eigenvalue weighted by molar-refractivity contribution is 7.91. The molecule has 3 rings (SSSR count). The third kappa shape index (κ3) is 4.09. The average Bonchev–Trinajstić information content (AvgIpc) is 3.02. The minimum absolute atomic E-state index is 0.145. The molecule has 8 heteroatoms. The summed E-state index contributed by atoms with van der Waals surface area (Å²) in [5, 5.41) is 0.285. The Labute approximate surface area is 162 Å². The van der Waals surface area contributed by atoms with Crippen molar-refractivity contribution in [2.24, 2.45) is 7.05 Å². The molecule has 3 aromatic rings. The largest absolute Gasteiger partial charge is 0.333 e. The first-order valence-electron chi connectivity index (χ1n) is 8.25. The average molecular weight is 404 g/mol. The maximum absolute atomic E-state index is 12.5. The summed E-state index contributed by atoms with van der Waals surface area (Å²) in [4.78, 5) is 21.1. The number of pyridine rings is 1. The Bertz CT molecular complexity index is 1110. The molecule has 140 valence electrons. The van der Waals surface area contributed by atoms with Gasteiger partial charge >= 0.3 is 0 Å². The van der Waals surface area contributed by atoms with Crippen molar-refractivity contribution in [3.05, 3.63) is 65.2 Å². The van der Waals surface area contributed by atoms with Crippen LogP contribution in [0.3, 0.4) is 0 Å². The molecular weight excluding hydrogens is 386 g/mol. The van der Waals surface area contributed by atoms with Crippen LogP contribution in [-0.4, -0.2) is 34.5 Å². The molecule has 0 aliphatic rings. The fourth-order valence-corrected chi connectivity index (χ4v) is 4.50. The van der Waals surface area contributed by atoms with Gasteiger partial charge in [0.25, 0.3) is 0 Å². The first-order valence-corrected chi connectivity index (χ1v) is 10.3. The van der Waals surface area contributed by atoms with Gasteiger partial charge in [0.1, 0.15) is 16.7 Å². The number of hydrogen-bond donors (Lipinski definition) is 0. The van der Waals surface area contributed by atoms with E-state index in [4.69, 9.17) is 11.6 Å². The summed E-state index contributed by atoms with van der Waals surface area (Å²) in [7, 11) is -1.80. The zero-order valence-corrected chi connectivity index (χ0v) is 16.5. The van der Waals surface area contributed by atoms with Crippen LogP contribution in [0.4, 0.5) is 0 Å². The fourth-order valence-electron chi connectivity index (χ4n) is 2.77. The highest BCUT2D eigenvalue weighted by Gasteiger charge is 2.21. The number of carbonyl (C=O) groups excluding carboxylic acids is 1. The van der Waals surface area contributed by atoms with E-state index in [1.807, 2.05) is 0 Å². The van der Waals surface area contributed by atoms with Crippen LogP contribution in [0.5, 0.6) is 0 Å². The molecule has 0 atom stereocenters. The van der Waals surface area contributed by atoms with Crippen LogP contribution in [0.2, 0.25) is 5.15 Å². The van der Waals surface area contributed by atoms with E-state index in [0.717, 1.165) is 0 Å². The number of benzene rings is 1. The SMILES string of the molecule is Cc1ccccc1S(=O)(=O)CCC(=O)c1cn(C)c(-c2cccnc2Cl)n1. The van der Waals surface area contributed by atoms with E-state index in [0.29, 0.717) is 17.0 Å². The summed E-state index contributed by atoms with van der Waals surface area (Å²) in [5.74, 6) is -0.108. The number of hydrogen-bond acceptors (Lipinski definition) is 5. The van der Waals surface area contributed by atoms with Crippen molar-refractivity contribution in [1.82, 2.24) is 14.5 Å². The monoisotopic (exact) mass is 403 g/mol. The number of halogens is 1. The van der Waals surface area contributed by atoms with Crippen molar-refractivity contribution < 1.29 is 13.2 Å². The van der Waals surface area contributed by atoms with Gasteiger partial charge in [-0.3, -0.25) is 4.79 Å². The van der Waals surface area contributed by atoms with Gasteiger partial charge < -0.3 is 4.57 Å². The Hall–Kier alpha value is -2.51. The van der Waals surface area contributed by atoms with Crippen molar-refractivity contribution in [2.45, 2.75) is 18.2 Å². The summed E-state index contributed by atoms with van der Waals surface area (Å²) in [5.41, 5.74) is 1.47. The minimum Gasteiger partial charge on any atom is -0.333 e. The van der Waals surface area contributed by atoms with E-state index in [2.05, 4.69) is 9.97 Å². The van der Waals surface area contributed by atoms with Crippen molar-refractivity contribution in [1.29, 1.82) is 0 Å². The third-order valence-electron chi connectivity index (χ3n) is 4.19. The van der Waals surface area contributed by atoms with Gasteiger partial charge in [0.2, 0.25) is 0 Å². The topological polar surface area (TPSA) is 81.9 Å². The molecule has 0 amide bonds. The van der Waals surface area contributed by atoms with Crippen molar-refractivity contribution in [3.8, 4) is 11.4 Å². The predicted octanol–water partition coefficient (Wildman–Crippen LogP) is 3.49. The Morgan fingerprint density at radius 2 is 1.93 bits per heavy atom. The normalized spacial score (nSPS) is 11.5. The van der Waals surface area contributed by atoms with Gasteiger partial charge in [0.15, 0.2) is 15.6 Å². The third-order valence-corrected chi connectivity index (χ3v) is 6.36. The smallest absolute Gasteiger partial charge is 0.183 e. The van der Waals surface area contributed by atoms with Crippen molar-refractivity contribution in [2.75, 3.05) is 5.75 Å². The first-order chi connectivity index (χ1) is 12.8. The second-order valence-electron chi connectivity index (χ2n) is 6.16. The molecule has 0 bridgehead atoms. The molecule has 0 saturated carbocycles. The summed E-state index contributed by atoms with van der Waals surface area (Å²) in [6.07, 6.45) is 2.99. The molecule has 6 nitrogen and oxygen atoms in total. The quantitative estimate of drug-likeness (QED) is 0.464. The molecule has 0 saturated heterocycles. The highest BCUT2D eigenvalue weighted by Crippen LogP contribution is 2.25. The lowest BCUT2D eigenvalue weighted by atomic mass is 10.2. The summed E-state index contributed by atoms with van der Waals surface area (Å²) in [6.45, 7) is 1.73. The van der Waals surface area contributed by atoms with Crippen LogP contribution in [0.1, 0.15) is 22.5 Å². The standard InChI is InChI=1S/C19H18ClN3O3S/c1-13-6-3-4-8-17(13)27(25,26)11-9-16(24)15-12-23(2)19(22-15)14-7-5-10-21-18(14)20/h3-8,10,12H,9,11H2,1-2H3. The number of Topliss-reactive ketones (excluding diaryl/α,β-unsaturated/α-hetero) is 1. The van der Waals surface area contributed by atoms with Crippen LogP contribution >= 0.6 is 11.6 Å². The zero-order valence-electron chi connectivity index (χ0n) is 14.9. The van der Waals surface area contributed by atoms with E-state index < -0.39 is 9.84 Å². The second-order valence-corrected chi connectivity index (χ2v) is 8.60. The maximum Gasteiger partial charge on any atom is 0.183 e. The van der Waals surface area contributed by atoms with Crippen LogP contribution in [0.15, 0.2) is 53.7 Å².